The van der Waals surface area contributed by atoms with Crippen LogP contribution in [0.5, 0.6) is 10.8 Å². The van der Waals surface area contributed by atoms with E-state index in [0.717, 1.165) is 51.9 Å². The topological polar surface area (TPSA) is 61.0 Å². The molecule has 0 spiro atoms. The fourth-order valence-corrected chi connectivity index (χ4v) is 3.69. The Morgan fingerprint density at radius 2 is 1.85 bits per heavy atom. The van der Waals surface area contributed by atoms with Crippen molar-refractivity contribution in [3.63, 3.8) is 0 Å². The Hall–Kier alpha value is -2.35. The molecule has 3 rings (SSSR count). The summed E-state index contributed by atoms with van der Waals surface area (Å²) in [5, 5.41) is 5.50. The highest BCUT2D eigenvalue weighted by Crippen LogP contribution is 2.37. The molecule has 0 aliphatic heterocycles. The first-order chi connectivity index (χ1) is 12.9. The predicted molar refractivity (Wildman–Crippen MR) is 99.7 cm³/mol. The summed E-state index contributed by atoms with van der Waals surface area (Å²) in [6.45, 7) is 7.99. The van der Waals surface area contributed by atoms with Crippen LogP contribution >= 0.6 is 11.3 Å². The van der Waals surface area contributed by atoms with Crippen molar-refractivity contribution in [1.82, 2.24) is 15.1 Å². The highest BCUT2D eigenvalue weighted by atomic mass is 32.1. The van der Waals surface area contributed by atoms with Gasteiger partial charge in [0, 0.05) is 5.56 Å². The first-order valence-corrected chi connectivity index (χ1v) is 9.64. The Morgan fingerprint density at radius 1 is 1.15 bits per heavy atom. The quantitative estimate of drug-likeness (QED) is 0.489. The van der Waals surface area contributed by atoms with Crippen LogP contribution in [0.4, 0.5) is 8.78 Å². The van der Waals surface area contributed by atoms with Crippen LogP contribution in [0.1, 0.15) is 54.4 Å². The molecule has 0 radical (unpaired) electrons. The second-order valence-electron chi connectivity index (χ2n) is 6.24. The van der Waals surface area contributed by atoms with Crippen molar-refractivity contribution in [1.29, 1.82) is 0 Å². The van der Waals surface area contributed by atoms with E-state index < -0.39 is 12.3 Å². The monoisotopic (exact) mass is 393 g/mol. The Balaban J connectivity index is 1.92. The molecule has 5 nitrogen and oxygen atoms in total. The van der Waals surface area contributed by atoms with Crippen LogP contribution in [0.2, 0.25) is 0 Å². The fraction of sp³-hybridized carbons (Fsp3) is 0.421. The molecule has 2 aromatic heterocycles. The van der Waals surface area contributed by atoms with E-state index in [9.17, 15) is 8.78 Å². The number of hydrogen-bond donors (Lipinski definition) is 0. The van der Waals surface area contributed by atoms with E-state index in [2.05, 4.69) is 33.5 Å². The highest BCUT2D eigenvalue weighted by Gasteiger charge is 2.19. The third-order valence-corrected chi connectivity index (χ3v) is 5.16. The van der Waals surface area contributed by atoms with E-state index in [4.69, 9.17) is 4.74 Å². The number of rotatable bonds is 7. The second-order valence-corrected chi connectivity index (χ2v) is 7.29. The zero-order valence-corrected chi connectivity index (χ0v) is 16.5. The summed E-state index contributed by atoms with van der Waals surface area (Å²) in [6, 6.07) is 3.62. The Kier molecular flexibility index (Phi) is 5.84. The van der Waals surface area contributed by atoms with Gasteiger partial charge in [-0.05, 0) is 49.9 Å². The van der Waals surface area contributed by atoms with E-state index >= 15 is 0 Å². The maximum Gasteiger partial charge on any atom is 0.315 e. The van der Waals surface area contributed by atoms with Gasteiger partial charge in [0.05, 0.1) is 10.7 Å². The molecular weight excluding hydrogens is 372 g/mol. The number of thiazole rings is 1. The number of halogens is 2. The van der Waals surface area contributed by atoms with Gasteiger partial charge in [-0.15, -0.1) is 0 Å². The van der Waals surface area contributed by atoms with Gasteiger partial charge in [0.2, 0.25) is 10.9 Å². The van der Waals surface area contributed by atoms with E-state index in [1.807, 2.05) is 26.0 Å². The van der Waals surface area contributed by atoms with Gasteiger partial charge in [-0.2, -0.15) is 13.8 Å². The molecule has 27 heavy (non-hydrogen) atoms. The third kappa shape index (κ3) is 4.16. The molecule has 2 heterocycles. The number of aromatic nitrogens is 3. The lowest BCUT2D eigenvalue weighted by atomic mass is 10.1. The molecule has 3 aromatic rings. The Bertz CT molecular complexity index is 914. The van der Waals surface area contributed by atoms with Crippen LogP contribution in [0.15, 0.2) is 16.7 Å². The van der Waals surface area contributed by atoms with Gasteiger partial charge in [0.25, 0.3) is 5.89 Å². The molecule has 0 bridgehead atoms. The zero-order valence-electron chi connectivity index (χ0n) is 15.7. The van der Waals surface area contributed by atoms with Gasteiger partial charge in [-0.3, -0.25) is 0 Å². The van der Waals surface area contributed by atoms with E-state index in [1.54, 1.807) is 11.3 Å². The van der Waals surface area contributed by atoms with Crippen molar-refractivity contribution in [2.45, 2.75) is 53.4 Å². The summed E-state index contributed by atoms with van der Waals surface area (Å²) >= 11 is 1.56. The molecule has 0 fully saturated rings. The van der Waals surface area contributed by atoms with Crippen LogP contribution in [-0.4, -0.2) is 15.1 Å². The van der Waals surface area contributed by atoms with E-state index in [-0.39, 0.29) is 5.82 Å². The molecule has 0 saturated heterocycles. The van der Waals surface area contributed by atoms with Crippen molar-refractivity contribution < 1.29 is 18.0 Å². The average Bonchev–Trinajstić information content (AvgIpc) is 3.26. The highest BCUT2D eigenvalue weighted by molar-refractivity contribution is 7.13. The summed E-state index contributed by atoms with van der Waals surface area (Å²) in [5.74, 6) is 0.197. The van der Waals surface area contributed by atoms with Crippen molar-refractivity contribution in [3.05, 3.63) is 39.9 Å². The summed E-state index contributed by atoms with van der Waals surface area (Å²) in [5.41, 5.74) is 3.31. The summed E-state index contributed by atoms with van der Waals surface area (Å²) in [4.78, 5) is 8.40. The lowest BCUT2D eigenvalue weighted by Crippen LogP contribution is -1.95. The van der Waals surface area contributed by atoms with Gasteiger partial charge in [0.1, 0.15) is 5.75 Å². The van der Waals surface area contributed by atoms with Crippen LogP contribution in [0.25, 0.3) is 11.4 Å². The minimum absolute atomic E-state index is 0.140. The van der Waals surface area contributed by atoms with E-state index in [1.165, 1.54) is 0 Å². The number of benzene rings is 1. The first kappa shape index (κ1) is 19.4. The Labute approximate surface area is 160 Å². The smallest absolute Gasteiger partial charge is 0.315 e. The molecule has 8 heteroatoms. The number of nitrogens with zero attached hydrogens (tertiary/aromatic N) is 3. The molecule has 0 unspecified atom stereocenters. The average molecular weight is 393 g/mol. The molecule has 144 valence electrons. The van der Waals surface area contributed by atoms with Gasteiger partial charge in [-0.1, -0.05) is 36.8 Å². The van der Waals surface area contributed by atoms with Gasteiger partial charge in [-0.25, -0.2) is 4.98 Å². The maximum absolute atomic E-state index is 12.7. The van der Waals surface area contributed by atoms with Crippen molar-refractivity contribution >= 4 is 11.3 Å². The number of aryl methyl sites for hydroxylation is 4. The van der Waals surface area contributed by atoms with Crippen LogP contribution < -0.4 is 4.74 Å². The molecule has 0 N–H and O–H groups in total. The normalized spacial score (nSPS) is 11.4. The summed E-state index contributed by atoms with van der Waals surface area (Å²) < 4.78 is 36.2. The number of ether oxygens (including phenoxy) is 1. The third-order valence-electron chi connectivity index (χ3n) is 4.04. The summed E-state index contributed by atoms with van der Waals surface area (Å²) in [7, 11) is 0. The van der Waals surface area contributed by atoms with Gasteiger partial charge >= 0.3 is 6.43 Å². The molecular formula is C19H21F2N3O2S. The predicted octanol–water partition coefficient (Wildman–Crippen LogP) is 6.05. The van der Waals surface area contributed by atoms with E-state index in [0.29, 0.717) is 5.56 Å². The standard InChI is InChI=1S/C19H21F2N3O2S/c1-5-7-13-19(27-14(6-2)22-13)25-15-10(3)8-12(9-11(15)4)17-23-18(16(20)21)26-24-17/h8-9,16H,5-7H2,1-4H3. The van der Waals surface area contributed by atoms with Crippen molar-refractivity contribution in [3.8, 4) is 22.2 Å². The van der Waals surface area contributed by atoms with Crippen LogP contribution in [0, 0.1) is 13.8 Å². The first-order valence-electron chi connectivity index (χ1n) is 8.82. The second kappa shape index (κ2) is 8.12. The van der Waals surface area contributed by atoms with Crippen LogP contribution in [0.3, 0.4) is 0 Å². The molecule has 0 aliphatic carbocycles. The largest absolute Gasteiger partial charge is 0.444 e. The summed E-state index contributed by atoms with van der Waals surface area (Å²) in [6.07, 6.45) is -0.0652. The number of hydrogen-bond acceptors (Lipinski definition) is 6. The fourth-order valence-electron chi connectivity index (χ4n) is 2.78. The minimum Gasteiger partial charge on any atom is -0.444 e. The zero-order chi connectivity index (χ0) is 19.6. The lowest BCUT2D eigenvalue weighted by molar-refractivity contribution is 0.106. The van der Waals surface area contributed by atoms with Gasteiger partial charge < -0.3 is 9.26 Å². The Morgan fingerprint density at radius 3 is 2.41 bits per heavy atom. The lowest BCUT2D eigenvalue weighted by Gasteiger charge is -2.12. The molecule has 1 aromatic carbocycles. The maximum atomic E-state index is 12.7. The molecule has 0 aliphatic rings. The minimum atomic E-state index is -2.79. The number of alkyl halides is 2. The molecule has 0 saturated carbocycles. The van der Waals surface area contributed by atoms with Crippen molar-refractivity contribution in [2.75, 3.05) is 0 Å². The van der Waals surface area contributed by atoms with Crippen molar-refractivity contribution in [2.24, 2.45) is 0 Å². The SMILES string of the molecule is CCCc1nc(CC)sc1Oc1c(C)cc(-c2noc(C(F)F)n2)cc1C. The van der Waals surface area contributed by atoms with Crippen LogP contribution in [-0.2, 0) is 12.8 Å². The molecule has 0 amide bonds. The van der Waals surface area contributed by atoms with Gasteiger partial charge in [0.15, 0.2) is 0 Å². The molecule has 0 atom stereocenters.